The van der Waals surface area contributed by atoms with E-state index in [2.05, 4.69) is 4.98 Å². The Labute approximate surface area is 66.0 Å². The number of H-pyrrole nitrogens is 1. The average Bonchev–Trinajstić information content (AvgIpc) is 2.55. The van der Waals surface area contributed by atoms with Gasteiger partial charge in [0.25, 0.3) is 0 Å². The molecule has 0 amide bonds. The maximum atomic E-state index is 10.4. The van der Waals surface area contributed by atoms with Gasteiger partial charge in [0, 0.05) is 0 Å². The second-order valence-electron chi connectivity index (χ2n) is 1.94. The van der Waals surface area contributed by atoms with Crippen LogP contribution >= 0.6 is 0 Å². The molecule has 0 aliphatic rings. The zero-order valence-corrected chi connectivity index (χ0v) is 8.44. The molecule has 0 spiro atoms. The van der Waals surface area contributed by atoms with Crippen molar-refractivity contribution < 1.29 is 23.7 Å². The summed E-state index contributed by atoms with van der Waals surface area (Å²) in [5, 5.41) is 0. The third kappa shape index (κ3) is 1.39. The van der Waals surface area contributed by atoms with E-state index in [0.717, 1.165) is 0 Å². The Morgan fingerprint density at radius 2 is 2.09 bits per heavy atom. The van der Waals surface area contributed by atoms with Crippen molar-refractivity contribution in [3.63, 3.8) is 0 Å². The van der Waals surface area contributed by atoms with Crippen molar-refractivity contribution in [2.75, 3.05) is 0 Å². The van der Waals surface area contributed by atoms with Crippen LogP contribution in [0.4, 0.5) is 0 Å². The van der Waals surface area contributed by atoms with E-state index in [1.54, 1.807) is 23.8 Å². The van der Waals surface area contributed by atoms with Crippen molar-refractivity contribution in [2.45, 2.75) is 5.48 Å². The van der Waals surface area contributed by atoms with Crippen LogP contribution in [0.2, 0.25) is 5.48 Å². The van der Waals surface area contributed by atoms with Gasteiger partial charge in [-0.15, -0.1) is 0 Å². The zero-order chi connectivity index (χ0) is 8.32. The van der Waals surface area contributed by atoms with Gasteiger partial charge < -0.3 is 0 Å². The van der Waals surface area contributed by atoms with Crippen LogP contribution in [0.15, 0.2) is 18.3 Å². The standard InChI is InChI=1S/C4H4N.2CO.CH3.Os/c1-2-4-5-3-1;2*1-2;;/h1-3,5H;;;1H3;. The van der Waals surface area contributed by atoms with Crippen LogP contribution in [0.1, 0.15) is 0 Å². The summed E-state index contributed by atoms with van der Waals surface area (Å²) >= 11 is -3.26. The molecule has 1 rings (SSSR count). The van der Waals surface area contributed by atoms with Gasteiger partial charge in [0.1, 0.15) is 0 Å². The molecule has 3 nitrogen and oxygen atoms in total. The first-order valence-electron chi connectivity index (χ1n) is 2.79. The molecule has 1 aromatic rings. The van der Waals surface area contributed by atoms with Crippen LogP contribution in [-0.2, 0) is 23.7 Å². The van der Waals surface area contributed by atoms with Crippen LogP contribution < -0.4 is 4.25 Å². The monoisotopic (exact) mass is 329 g/mol. The summed E-state index contributed by atoms with van der Waals surface area (Å²) in [5.74, 6) is 0. The number of aromatic amines is 1. The molecule has 11 heavy (non-hydrogen) atoms. The average molecular weight is 327 g/mol. The first-order valence-corrected chi connectivity index (χ1v) is 9.14. The molecule has 0 aliphatic carbocycles. The topological polar surface area (TPSA) is 49.9 Å². The van der Waals surface area contributed by atoms with E-state index < -0.39 is 14.1 Å². The minimum absolute atomic E-state index is 0.711. The van der Waals surface area contributed by atoms with Gasteiger partial charge in [-0.1, -0.05) is 0 Å². The molecular weight excluding hydrogens is 320 g/mol. The first kappa shape index (κ1) is 8.18. The summed E-state index contributed by atoms with van der Waals surface area (Å²) in [6.07, 6.45) is 1.69. The first-order chi connectivity index (χ1) is 5.23. The van der Waals surface area contributed by atoms with E-state index in [1.165, 1.54) is 0 Å². The van der Waals surface area contributed by atoms with Crippen molar-refractivity contribution in [3.05, 3.63) is 18.3 Å². The van der Waals surface area contributed by atoms with Crippen molar-refractivity contribution in [1.29, 1.82) is 0 Å². The Morgan fingerprint density at radius 1 is 1.45 bits per heavy atom. The molecule has 0 aliphatic heterocycles. The zero-order valence-electron chi connectivity index (χ0n) is 5.90. The summed E-state index contributed by atoms with van der Waals surface area (Å²) in [6.45, 7) is 0. The molecule has 0 unspecified atom stereocenters. The summed E-state index contributed by atoms with van der Waals surface area (Å²) in [5.41, 5.74) is 1.65. The van der Waals surface area contributed by atoms with E-state index in [4.69, 9.17) is 0 Å². The van der Waals surface area contributed by atoms with Crippen LogP contribution in [0.5, 0.6) is 0 Å². The molecule has 4 heteroatoms. The van der Waals surface area contributed by atoms with Crippen LogP contribution in [0, 0.1) is 0 Å². The Bertz CT molecular complexity index is 380. The van der Waals surface area contributed by atoms with E-state index in [9.17, 15) is 9.59 Å². The quantitative estimate of drug-likeness (QED) is 0.788. The molecule has 1 aromatic heterocycles. The third-order valence-corrected chi connectivity index (χ3v) is 6.82. The molecule has 1 heterocycles. The Balaban J connectivity index is 3.57. The SMILES string of the molecule is [CH3][Os](=[C]=O)(=[C]=O)[c]1ccc[nH]1. The number of rotatable bonds is 1. The predicted molar refractivity (Wildman–Crippen MR) is 37.7 cm³/mol. The molecule has 0 aromatic carbocycles. The fraction of sp³-hybridized carbons (Fsp3) is 0.143. The molecule has 0 saturated carbocycles. The van der Waals surface area contributed by atoms with Gasteiger partial charge in [-0.05, 0) is 0 Å². The van der Waals surface area contributed by atoms with Crippen molar-refractivity contribution >= 4 is 13.1 Å². The maximum absolute atomic E-state index is 10.4. The molecule has 1 N–H and O–H groups in total. The molecule has 0 saturated heterocycles. The summed E-state index contributed by atoms with van der Waals surface area (Å²) in [7, 11) is 0. The number of hydrogen-bond acceptors (Lipinski definition) is 2. The normalized spacial score (nSPS) is 11.7. The second kappa shape index (κ2) is 2.99. The van der Waals surface area contributed by atoms with E-state index in [1.807, 2.05) is 8.87 Å². The van der Waals surface area contributed by atoms with E-state index in [0.29, 0.717) is 4.25 Å². The molecule has 0 bridgehead atoms. The van der Waals surface area contributed by atoms with Gasteiger partial charge in [-0.2, -0.15) is 0 Å². The van der Waals surface area contributed by atoms with Gasteiger partial charge in [0.2, 0.25) is 0 Å². The second-order valence-corrected chi connectivity index (χ2v) is 10.1. The Kier molecular flexibility index (Phi) is 2.22. The van der Waals surface area contributed by atoms with Crippen molar-refractivity contribution in [2.24, 2.45) is 0 Å². The summed E-state index contributed by atoms with van der Waals surface area (Å²) in [6, 6.07) is 3.49. The number of nitrogens with one attached hydrogen (secondary N) is 1. The number of carbonyl (C=O) groups excluding carboxylic acids is 2. The fourth-order valence-corrected chi connectivity index (χ4v) is 3.32. The minimum atomic E-state index is -3.26. The Hall–Kier alpha value is -0.924. The van der Waals surface area contributed by atoms with Gasteiger partial charge in [-0.3, -0.25) is 0 Å². The van der Waals surface area contributed by atoms with Gasteiger partial charge >= 0.3 is 65.6 Å². The van der Waals surface area contributed by atoms with Gasteiger partial charge in [-0.25, -0.2) is 0 Å². The van der Waals surface area contributed by atoms with Crippen molar-refractivity contribution in [3.8, 4) is 0 Å². The van der Waals surface area contributed by atoms with Crippen LogP contribution in [0.25, 0.3) is 0 Å². The van der Waals surface area contributed by atoms with Crippen LogP contribution in [0.3, 0.4) is 0 Å². The number of aromatic nitrogens is 1. The fourth-order valence-electron chi connectivity index (χ4n) is 0.616. The molecular formula is C7H7NO2Os. The summed E-state index contributed by atoms with van der Waals surface area (Å²) in [4.78, 5) is 23.7. The molecule has 0 atom stereocenters. The summed E-state index contributed by atoms with van der Waals surface area (Å²) < 4.78 is 4.35. The van der Waals surface area contributed by atoms with E-state index in [-0.39, 0.29) is 0 Å². The molecule has 0 fully saturated rings. The predicted octanol–water partition coefficient (Wildman–Crippen LogP) is -0.0236. The van der Waals surface area contributed by atoms with Crippen LogP contribution in [-0.4, -0.2) is 13.9 Å². The number of hydrogen-bond donors (Lipinski definition) is 1. The van der Waals surface area contributed by atoms with E-state index >= 15 is 0 Å². The van der Waals surface area contributed by atoms with Gasteiger partial charge in [0.05, 0.1) is 0 Å². The van der Waals surface area contributed by atoms with Crippen molar-refractivity contribution in [1.82, 2.24) is 4.98 Å². The third-order valence-electron chi connectivity index (χ3n) is 1.22. The Morgan fingerprint density at radius 3 is 2.45 bits per heavy atom. The molecule has 0 radical (unpaired) electrons. The molecule has 60 valence electrons. The van der Waals surface area contributed by atoms with Gasteiger partial charge in [0.15, 0.2) is 0 Å².